The average molecular weight is 378 g/mol. The van der Waals surface area contributed by atoms with Crippen molar-refractivity contribution in [2.45, 2.75) is 19.4 Å². The number of nitrogens with one attached hydrogen (secondary N) is 1. The molecule has 0 saturated heterocycles. The maximum Gasteiger partial charge on any atom is 0.265 e. The van der Waals surface area contributed by atoms with Crippen LogP contribution in [0, 0.1) is 0 Å². The molecule has 1 aromatic heterocycles. The lowest BCUT2D eigenvalue weighted by molar-refractivity contribution is -0.121. The van der Waals surface area contributed by atoms with Gasteiger partial charge in [-0.25, -0.2) is 0 Å². The van der Waals surface area contributed by atoms with E-state index in [-0.39, 0.29) is 30.9 Å². The summed E-state index contributed by atoms with van der Waals surface area (Å²) < 4.78 is 10.8. The number of ether oxygens (including phenoxy) is 1. The molecule has 1 N–H and O–H groups in total. The summed E-state index contributed by atoms with van der Waals surface area (Å²) in [5.74, 6) is 0.613. The minimum Gasteiger partial charge on any atom is -0.484 e. The SMILES string of the molecule is C[C@H]1CC(=O)Nc2ccccc2N1C(=O)COc1ccc(-c2nnco2)cc1. The lowest BCUT2D eigenvalue weighted by Crippen LogP contribution is -2.41. The number of amides is 2. The topological polar surface area (TPSA) is 97.6 Å². The van der Waals surface area contributed by atoms with Crippen LogP contribution >= 0.6 is 0 Å². The third kappa shape index (κ3) is 3.57. The number of aromatic nitrogens is 2. The summed E-state index contributed by atoms with van der Waals surface area (Å²) in [6.07, 6.45) is 1.48. The van der Waals surface area contributed by atoms with Crippen LogP contribution in [0.25, 0.3) is 11.5 Å². The van der Waals surface area contributed by atoms with Gasteiger partial charge in [0, 0.05) is 18.0 Å². The van der Waals surface area contributed by atoms with Gasteiger partial charge in [-0.3, -0.25) is 9.59 Å². The Balaban J connectivity index is 1.48. The van der Waals surface area contributed by atoms with Crippen LogP contribution in [-0.4, -0.2) is 34.7 Å². The molecule has 28 heavy (non-hydrogen) atoms. The predicted octanol–water partition coefficient (Wildman–Crippen LogP) is 2.88. The quantitative estimate of drug-likeness (QED) is 0.750. The number of hydrogen-bond acceptors (Lipinski definition) is 6. The molecule has 1 aliphatic rings. The van der Waals surface area contributed by atoms with Crippen molar-refractivity contribution in [3.05, 3.63) is 54.9 Å². The fraction of sp³-hybridized carbons (Fsp3) is 0.200. The fourth-order valence-corrected chi connectivity index (χ4v) is 3.18. The van der Waals surface area contributed by atoms with E-state index in [0.717, 1.165) is 5.56 Å². The normalized spacial score (nSPS) is 16.1. The van der Waals surface area contributed by atoms with E-state index < -0.39 is 0 Å². The van der Waals surface area contributed by atoms with Gasteiger partial charge in [-0.15, -0.1) is 10.2 Å². The third-order valence-corrected chi connectivity index (χ3v) is 4.45. The highest BCUT2D eigenvalue weighted by atomic mass is 16.5. The maximum absolute atomic E-state index is 12.9. The van der Waals surface area contributed by atoms with Crippen molar-refractivity contribution >= 4 is 23.2 Å². The van der Waals surface area contributed by atoms with Crippen molar-refractivity contribution in [1.29, 1.82) is 0 Å². The summed E-state index contributed by atoms with van der Waals surface area (Å²) in [4.78, 5) is 26.5. The van der Waals surface area contributed by atoms with E-state index >= 15 is 0 Å². The summed E-state index contributed by atoms with van der Waals surface area (Å²) in [6, 6.07) is 14.0. The van der Waals surface area contributed by atoms with Crippen LogP contribution in [0.2, 0.25) is 0 Å². The molecule has 2 amide bonds. The number of rotatable bonds is 4. The van der Waals surface area contributed by atoms with Crippen molar-refractivity contribution in [2.24, 2.45) is 0 Å². The average Bonchev–Trinajstić information content (AvgIpc) is 3.19. The van der Waals surface area contributed by atoms with Gasteiger partial charge in [0.1, 0.15) is 5.75 Å². The molecule has 2 heterocycles. The van der Waals surface area contributed by atoms with Gasteiger partial charge in [-0.1, -0.05) is 12.1 Å². The second-order valence-corrected chi connectivity index (χ2v) is 6.44. The Labute approximate surface area is 161 Å². The van der Waals surface area contributed by atoms with E-state index in [9.17, 15) is 9.59 Å². The standard InChI is InChI=1S/C20H18N4O4/c1-13-10-18(25)22-16-4-2-3-5-17(16)24(13)19(26)11-27-15-8-6-14(7-9-15)20-23-21-12-28-20/h2-9,12-13H,10-11H2,1H3,(H,22,25)/t13-/m0/s1. The predicted molar refractivity (Wildman–Crippen MR) is 102 cm³/mol. The van der Waals surface area contributed by atoms with Crippen LogP contribution in [0.15, 0.2) is 59.3 Å². The van der Waals surface area contributed by atoms with Crippen LogP contribution in [-0.2, 0) is 9.59 Å². The van der Waals surface area contributed by atoms with Gasteiger partial charge in [0.2, 0.25) is 18.2 Å². The first-order valence-corrected chi connectivity index (χ1v) is 8.82. The van der Waals surface area contributed by atoms with E-state index in [4.69, 9.17) is 9.15 Å². The van der Waals surface area contributed by atoms with Crippen LogP contribution in [0.4, 0.5) is 11.4 Å². The number of fused-ring (bicyclic) bond motifs is 1. The fourth-order valence-electron chi connectivity index (χ4n) is 3.18. The number of carbonyl (C=O) groups excluding carboxylic acids is 2. The van der Waals surface area contributed by atoms with Crippen LogP contribution < -0.4 is 15.0 Å². The highest BCUT2D eigenvalue weighted by Gasteiger charge is 2.29. The Kier molecular flexibility index (Phi) is 4.76. The molecule has 142 valence electrons. The summed E-state index contributed by atoms with van der Waals surface area (Å²) in [5, 5.41) is 10.3. The van der Waals surface area contributed by atoms with Crippen LogP contribution in [0.3, 0.4) is 0 Å². The Morgan fingerprint density at radius 2 is 2.04 bits per heavy atom. The number of para-hydroxylation sites is 2. The van der Waals surface area contributed by atoms with Crippen molar-refractivity contribution in [2.75, 3.05) is 16.8 Å². The van der Waals surface area contributed by atoms with Gasteiger partial charge >= 0.3 is 0 Å². The van der Waals surface area contributed by atoms with Gasteiger partial charge in [0.05, 0.1) is 11.4 Å². The maximum atomic E-state index is 12.9. The van der Waals surface area contributed by atoms with E-state index in [1.165, 1.54) is 6.39 Å². The number of benzene rings is 2. The Morgan fingerprint density at radius 1 is 1.25 bits per heavy atom. The summed E-state index contributed by atoms with van der Waals surface area (Å²) >= 11 is 0. The van der Waals surface area contributed by atoms with Crippen molar-refractivity contribution in [3.8, 4) is 17.2 Å². The molecule has 8 nitrogen and oxygen atoms in total. The zero-order valence-corrected chi connectivity index (χ0v) is 15.2. The Hall–Kier alpha value is -3.68. The molecule has 0 saturated carbocycles. The molecular weight excluding hydrogens is 360 g/mol. The Bertz CT molecular complexity index is 986. The van der Waals surface area contributed by atoms with E-state index in [1.807, 2.05) is 25.1 Å². The van der Waals surface area contributed by atoms with Gasteiger partial charge in [0.15, 0.2) is 6.61 Å². The Morgan fingerprint density at radius 3 is 2.79 bits per heavy atom. The number of hydrogen-bond donors (Lipinski definition) is 1. The molecule has 1 atom stereocenters. The monoisotopic (exact) mass is 378 g/mol. The molecule has 0 fully saturated rings. The zero-order chi connectivity index (χ0) is 19.5. The van der Waals surface area contributed by atoms with Crippen molar-refractivity contribution < 1.29 is 18.7 Å². The first kappa shape index (κ1) is 17.7. The van der Waals surface area contributed by atoms with Gasteiger partial charge in [0.25, 0.3) is 5.91 Å². The minimum absolute atomic E-state index is 0.118. The highest BCUT2D eigenvalue weighted by Crippen LogP contribution is 2.31. The lowest BCUT2D eigenvalue weighted by atomic mass is 10.1. The smallest absolute Gasteiger partial charge is 0.265 e. The molecule has 0 unspecified atom stereocenters. The van der Waals surface area contributed by atoms with Gasteiger partial charge in [-0.2, -0.15) is 0 Å². The number of anilines is 2. The molecule has 0 spiro atoms. The second-order valence-electron chi connectivity index (χ2n) is 6.44. The summed E-state index contributed by atoms with van der Waals surface area (Å²) in [5.41, 5.74) is 2.05. The van der Waals surface area contributed by atoms with Crippen LogP contribution in [0.1, 0.15) is 13.3 Å². The van der Waals surface area contributed by atoms with E-state index in [1.54, 1.807) is 35.2 Å². The van der Waals surface area contributed by atoms with Gasteiger partial charge < -0.3 is 19.4 Å². The third-order valence-electron chi connectivity index (χ3n) is 4.45. The second kappa shape index (κ2) is 7.51. The highest BCUT2D eigenvalue weighted by molar-refractivity contribution is 6.04. The molecule has 3 aromatic rings. The number of carbonyl (C=O) groups is 2. The largest absolute Gasteiger partial charge is 0.484 e. The van der Waals surface area contributed by atoms with Gasteiger partial charge in [-0.05, 0) is 43.3 Å². The van der Waals surface area contributed by atoms with Crippen molar-refractivity contribution in [3.63, 3.8) is 0 Å². The van der Waals surface area contributed by atoms with E-state index in [0.29, 0.717) is 23.0 Å². The van der Waals surface area contributed by atoms with Crippen molar-refractivity contribution in [1.82, 2.24) is 10.2 Å². The first-order valence-electron chi connectivity index (χ1n) is 8.82. The molecular formula is C20H18N4O4. The molecule has 0 bridgehead atoms. The molecule has 0 radical (unpaired) electrons. The zero-order valence-electron chi connectivity index (χ0n) is 15.2. The van der Waals surface area contributed by atoms with Crippen LogP contribution in [0.5, 0.6) is 5.75 Å². The first-order chi connectivity index (χ1) is 13.6. The van der Waals surface area contributed by atoms with E-state index in [2.05, 4.69) is 15.5 Å². The molecule has 8 heteroatoms. The molecule has 2 aromatic carbocycles. The lowest BCUT2D eigenvalue weighted by Gasteiger charge is -2.27. The molecule has 1 aliphatic heterocycles. The molecule has 4 rings (SSSR count). The summed E-state index contributed by atoms with van der Waals surface area (Å²) in [6.45, 7) is 1.70. The number of nitrogens with zero attached hydrogens (tertiary/aromatic N) is 3. The minimum atomic E-state index is -0.278. The molecule has 0 aliphatic carbocycles. The summed E-state index contributed by atoms with van der Waals surface area (Å²) in [7, 11) is 0.